The molecular weight excluding hydrogens is 499 g/mol. The van der Waals surface area contributed by atoms with Crippen LogP contribution < -0.4 is 20.2 Å². The Morgan fingerprint density at radius 3 is 1.52 bits per heavy atom. The molecule has 3 rings (SSSR count). The smallest absolute Gasteiger partial charge is 0.394 e. The molecular formula is C27H31IO3+. The highest BCUT2D eigenvalue weighted by molar-refractivity contribution is 5.91. The van der Waals surface area contributed by atoms with Crippen molar-refractivity contribution in [3.05, 3.63) is 96.6 Å². The Morgan fingerprint density at radius 1 is 0.710 bits per heavy atom. The van der Waals surface area contributed by atoms with Crippen molar-refractivity contribution in [1.29, 1.82) is 0 Å². The first-order valence-corrected chi connectivity index (χ1v) is 13.4. The third-order valence-corrected chi connectivity index (χ3v) is 9.63. The number of rotatable bonds is 4. The van der Waals surface area contributed by atoms with Crippen molar-refractivity contribution < 1.29 is 33.2 Å². The minimum atomic E-state index is -2.53. The predicted molar refractivity (Wildman–Crippen MR) is 121 cm³/mol. The molecule has 0 fully saturated rings. The van der Waals surface area contributed by atoms with Gasteiger partial charge in [-0.25, -0.2) is 7.86 Å². The van der Waals surface area contributed by atoms with Gasteiger partial charge in [-0.3, -0.25) is 0 Å². The Bertz CT molecular complexity index is 982. The van der Waals surface area contributed by atoms with E-state index in [1.54, 1.807) is 18.2 Å². The lowest BCUT2D eigenvalue weighted by atomic mass is 9.87. The number of para-hydroxylation sites is 1. The van der Waals surface area contributed by atoms with Crippen molar-refractivity contribution in [2.45, 2.75) is 52.4 Å². The first-order valence-electron chi connectivity index (χ1n) is 10.4. The van der Waals surface area contributed by atoms with Gasteiger partial charge in [-0.15, -0.1) is 0 Å². The average Bonchev–Trinajstić information content (AvgIpc) is 2.71. The fraction of sp³-hybridized carbons (Fsp3) is 0.296. The largest absolute Gasteiger partial charge is 0.507 e. The van der Waals surface area contributed by atoms with E-state index in [-0.39, 0.29) is 22.1 Å². The van der Waals surface area contributed by atoms with Crippen molar-refractivity contribution in [2.24, 2.45) is 0 Å². The Kier molecular flexibility index (Phi) is 6.79. The number of aromatic hydroxyl groups is 1. The summed E-state index contributed by atoms with van der Waals surface area (Å²) < 4.78 is 8.19. The van der Waals surface area contributed by atoms with E-state index in [0.29, 0.717) is 0 Å². The molecule has 3 nitrogen and oxygen atoms in total. The molecule has 0 aliphatic carbocycles. The van der Waals surface area contributed by atoms with E-state index < -0.39 is 26.2 Å². The first-order chi connectivity index (χ1) is 14.5. The van der Waals surface area contributed by atoms with E-state index in [0.717, 1.165) is 7.14 Å². The van der Waals surface area contributed by atoms with E-state index in [2.05, 4.69) is 90.1 Å². The van der Waals surface area contributed by atoms with E-state index in [1.807, 2.05) is 0 Å². The zero-order chi connectivity index (χ0) is 22.8. The van der Waals surface area contributed by atoms with Crippen molar-refractivity contribution >= 4 is 5.97 Å². The van der Waals surface area contributed by atoms with Gasteiger partial charge in [0.05, 0.1) is 0 Å². The van der Waals surface area contributed by atoms with Gasteiger partial charge in [-0.1, -0.05) is 77.9 Å². The number of halogens is 1. The van der Waals surface area contributed by atoms with E-state index in [9.17, 15) is 9.90 Å². The van der Waals surface area contributed by atoms with Gasteiger partial charge >= 0.3 is 26.2 Å². The molecule has 4 heteroatoms. The Labute approximate surface area is 193 Å². The molecule has 0 aliphatic heterocycles. The lowest BCUT2D eigenvalue weighted by Gasteiger charge is -2.19. The summed E-state index contributed by atoms with van der Waals surface area (Å²) in [6, 6.07) is 23.3. The molecule has 1 N–H and O–H groups in total. The average molecular weight is 530 g/mol. The molecule has 0 atom stereocenters. The van der Waals surface area contributed by atoms with Crippen LogP contribution in [0.4, 0.5) is 0 Å². The van der Waals surface area contributed by atoms with Crippen LogP contribution in [0.2, 0.25) is 0 Å². The molecule has 0 saturated heterocycles. The van der Waals surface area contributed by atoms with Gasteiger partial charge in [0.2, 0.25) is 0 Å². The van der Waals surface area contributed by atoms with Crippen LogP contribution in [0.15, 0.2) is 72.8 Å². The van der Waals surface area contributed by atoms with E-state index >= 15 is 0 Å². The number of carbonyl (C=O) groups is 1. The van der Waals surface area contributed by atoms with Gasteiger partial charge in [0.25, 0.3) is 0 Å². The van der Waals surface area contributed by atoms with E-state index in [4.69, 9.17) is 3.07 Å². The number of phenols is 1. The minimum Gasteiger partial charge on any atom is -0.507 e. The molecule has 0 heterocycles. The fourth-order valence-corrected chi connectivity index (χ4v) is 6.99. The summed E-state index contributed by atoms with van der Waals surface area (Å²) in [5, 5.41) is 10.1. The monoisotopic (exact) mass is 530 g/mol. The molecule has 0 spiro atoms. The van der Waals surface area contributed by atoms with Gasteiger partial charge in [0.15, 0.2) is 7.14 Å². The van der Waals surface area contributed by atoms with Crippen LogP contribution in [0.5, 0.6) is 5.75 Å². The van der Waals surface area contributed by atoms with Crippen molar-refractivity contribution in [3.8, 4) is 5.75 Å². The highest BCUT2D eigenvalue weighted by atomic mass is 127. The predicted octanol–water partition coefficient (Wildman–Crippen LogP) is 3.42. The van der Waals surface area contributed by atoms with Crippen molar-refractivity contribution in [1.82, 2.24) is 0 Å². The molecule has 31 heavy (non-hydrogen) atoms. The molecule has 0 bridgehead atoms. The molecule has 0 aliphatic rings. The van der Waals surface area contributed by atoms with Crippen molar-refractivity contribution in [2.75, 3.05) is 0 Å². The second-order valence-electron chi connectivity index (χ2n) is 9.64. The van der Waals surface area contributed by atoms with Crippen LogP contribution in [0.25, 0.3) is 0 Å². The zero-order valence-electron chi connectivity index (χ0n) is 19.1. The standard InChI is InChI=1S/C27H31IO3/c1-26(2,3)19-11-15-21(16-12-19)28(22-17-13-20(14-18-22)27(4,5)6)31-25(30)23-9-7-8-10-24(23)29/h7-18,29H,1-6H3/q+1. The van der Waals surface area contributed by atoms with Gasteiger partial charge in [0.1, 0.15) is 11.3 Å². The second kappa shape index (κ2) is 9.03. The summed E-state index contributed by atoms with van der Waals surface area (Å²) in [4.78, 5) is 12.9. The molecule has 3 aromatic carbocycles. The quantitative estimate of drug-likeness (QED) is 0.526. The Morgan fingerprint density at radius 2 is 1.13 bits per heavy atom. The molecule has 0 aromatic heterocycles. The number of hydrogen-bond donors (Lipinski definition) is 1. The third kappa shape index (κ3) is 5.67. The normalized spacial score (nSPS) is 12.1. The number of phenolic OH excluding ortho intramolecular Hbond substituents is 1. The van der Waals surface area contributed by atoms with Gasteiger partial charge in [-0.2, -0.15) is 0 Å². The number of carbonyl (C=O) groups excluding carboxylic acids is 1. The Hall–Kier alpha value is -2.34. The minimum absolute atomic E-state index is 0.0540. The van der Waals surface area contributed by atoms with Crippen molar-refractivity contribution in [3.63, 3.8) is 0 Å². The first kappa shape index (κ1) is 23.3. The lowest BCUT2D eigenvalue weighted by molar-refractivity contribution is -1.04. The summed E-state index contributed by atoms with van der Waals surface area (Å²) >= 11 is -2.53. The molecule has 1 radical (unpaired) electrons. The highest BCUT2D eigenvalue weighted by Gasteiger charge is 2.36. The molecule has 0 saturated carbocycles. The van der Waals surface area contributed by atoms with E-state index in [1.165, 1.54) is 17.2 Å². The SMILES string of the molecule is CC(C)(C)c1ccc([I+](OC(=O)c2ccccc2O)c2ccc(C(C)(C)C)cc2)cc1. The fourth-order valence-electron chi connectivity index (χ4n) is 3.10. The summed E-state index contributed by atoms with van der Waals surface area (Å²) in [5.74, 6) is -0.544. The maximum atomic E-state index is 12.9. The van der Waals surface area contributed by atoms with Gasteiger partial charge in [-0.05, 0) is 58.4 Å². The Balaban J connectivity index is 1.99. The van der Waals surface area contributed by atoms with Crippen LogP contribution >= 0.6 is 0 Å². The number of hydrogen-bond acceptors (Lipinski definition) is 3. The summed E-state index contributed by atoms with van der Waals surface area (Å²) in [7, 11) is 0. The summed E-state index contributed by atoms with van der Waals surface area (Å²) in [6.07, 6.45) is 0. The molecule has 163 valence electrons. The second-order valence-corrected chi connectivity index (χ2v) is 14.0. The van der Waals surface area contributed by atoms with Crippen LogP contribution in [-0.2, 0) is 13.9 Å². The molecule has 0 amide bonds. The summed E-state index contributed by atoms with van der Waals surface area (Å²) in [6.45, 7) is 13.1. The maximum absolute atomic E-state index is 12.9. The highest BCUT2D eigenvalue weighted by Crippen LogP contribution is 2.22. The number of benzene rings is 3. The topological polar surface area (TPSA) is 46.5 Å². The van der Waals surface area contributed by atoms with Crippen LogP contribution in [0.3, 0.4) is 0 Å². The van der Waals surface area contributed by atoms with Crippen LogP contribution in [-0.4, -0.2) is 11.1 Å². The third-order valence-electron chi connectivity index (χ3n) is 5.09. The van der Waals surface area contributed by atoms with Gasteiger partial charge in [0, 0.05) is 0 Å². The molecule has 3 aromatic rings. The zero-order valence-corrected chi connectivity index (χ0v) is 21.2. The molecule has 0 unspecified atom stereocenters. The van der Waals surface area contributed by atoms with Crippen LogP contribution in [0, 0.1) is 7.14 Å². The summed E-state index contributed by atoms with van der Waals surface area (Å²) in [5.41, 5.74) is 2.78. The van der Waals surface area contributed by atoms with Crippen LogP contribution in [0.1, 0.15) is 63.0 Å². The lowest BCUT2D eigenvalue weighted by Crippen LogP contribution is -3.85. The van der Waals surface area contributed by atoms with Gasteiger partial charge < -0.3 is 5.11 Å². The maximum Gasteiger partial charge on any atom is 0.394 e.